The second kappa shape index (κ2) is 10.5. The summed E-state index contributed by atoms with van der Waals surface area (Å²) in [6.45, 7) is 1.01. The van der Waals surface area contributed by atoms with Crippen molar-refractivity contribution in [1.29, 1.82) is 0 Å². The molecule has 0 saturated carbocycles. The zero-order valence-corrected chi connectivity index (χ0v) is 18.2. The molecule has 0 unspecified atom stereocenters. The van der Waals surface area contributed by atoms with Gasteiger partial charge in [0.25, 0.3) is 5.91 Å². The van der Waals surface area contributed by atoms with Crippen LogP contribution in [-0.4, -0.2) is 61.0 Å². The topological polar surface area (TPSA) is 78.7 Å². The predicted molar refractivity (Wildman–Crippen MR) is 121 cm³/mol. The Morgan fingerprint density at radius 2 is 1.77 bits per heavy atom. The maximum absolute atomic E-state index is 12.4. The Hall–Kier alpha value is -3.45. The molecule has 0 saturated heterocycles. The van der Waals surface area contributed by atoms with Crippen LogP contribution in [0.4, 0.5) is 5.69 Å². The van der Waals surface area contributed by atoms with Gasteiger partial charge >= 0.3 is 0 Å². The number of amides is 2. The third kappa shape index (κ3) is 6.52. The number of anilines is 1. The van der Waals surface area contributed by atoms with Crippen LogP contribution in [0.2, 0.25) is 0 Å². The maximum Gasteiger partial charge on any atom is 0.253 e. The first-order chi connectivity index (χ1) is 14.9. The molecule has 3 aromatic rings. The molecule has 2 aromatic carbocycles. The summed E-state index contributed by atoms with van der Waals surface area (Å²) in [5, 5.41) is 6.99. The zero-order chi connectivity index (χ0) is 22.2. The highest BCUT2D eigenvalue weighted by Crippen LogP contribution is 2.19. The van der Waals surface area contributed by atoms with E-state index in [-0.39, 0.29) is 18.4 Å². The van der Waals surface area contributed by atoms with Crippen LogP contribution < -0.4 is 5.32 Å². The summed E-state index contributed by atoms with van der Waals surface area (Å²) in [6, 6.07) is 18.8. The Kier molecular flexibility index (Phi) is 7.56. The number of aromatic nitrogens is 1. The highest BCUT2D eigenvalue weighted by atomic mass is 16.5. The number of nitrogens with one attached hydrogen (secondary N) is 1. The van der Waals surface area contributed by atoms with Crippen molar-refractivity contribution in [3.63, 3.8) is 0 Å². The number of carbonyl (C=O) groups excluding carboxylic acids is 2. The molecule has 1 aromatic heterocycles. The number of rotatable bonds is 9. The van der Waals surface area contributed by atoms with Crippen molar-refractivity contribution >= 4 is 17.5 Å². The van der Waals surface area contributed by atoms with Gasteiger partial charge in [0.15, 0.2) is 0 Å². The zero-order valence-electron chi connectivity index (χ0n) is 18.2. The molecule has 0 radical (unpaired) electrons. The van der Waals surface area contributed by atoms with Crippen LogP contribution >= 0.6 is 0 Å². The van der Waals surface area contributed by atoms with Gasteiger partial charge < -0.3 is 14.7 Å². The maximum atomic E-state index is 12.4. The molecule has 0 aliphatic carbocycles. The first-order valence-corrected chi connectivity index (χ1v) is 10.2. The molecule has 0 bridgehead atoms. The normalized spacial score (nSPS) is 10.8. The second-order valence-electron chi connectivity index (χ2n) is 7.71. The average Bonchev–Trinajstić information content (AvgIpc) is 3.22. The molecule has 2 amide bonds. The first kappa shape index (κ1) is 22.2. The summed E-state index contributed by atoms with van der Waals surface area (Å²) in [5.41, 5.74) is 3.01. The third-order valence-corrected chi connectivity index (χ3v) is 4.80. The number of hydrogen-bond acceptors (Lipinski definition) is 5. The number of likely N-dealkylation sites (N-methyl/N-ethyl adjacent to an activating group) is 1. The van der Waals surface area contributed by atoms with Gasteiger partial charge in [0.2, 0.25) is 5.91 Å². The summed E-state index contributed by atoms with van der Waals surface area (Å²) < 4.78 is 5.43. The Morgan fingerprint density at radius 3 is 2.52 bits per heavy atom. The lowest BCUT2D eigenvalue weighted by Gasteiger charge is -2.16. The minimum absolute atomic E-state index is 0.101. The molecule has 1 heterocycles. The number of carbonyl (C=O) groups is 2. The number of nitrogens with zero attached hydrogens (tertiary/aromatic N) is 3. The molecule has 0 aliphatic rings. The van der Waals surface area contributed by atoms with Crippen LogP contribution in [0.1, 0.15) is 22.5 Å². The minimum Gasteiger partial charge on any atom is -0.361 e. The molecule has 31 heavy (non-hydrogen) atoms. The fraction of sp³-hybridized carbons (Fsp3) is 0.292. The van der Waals surface area contributed by atoms with Crippen molar-refractivity contribution in [2.24, 2.45) is 0 Å². The van der Waals surface area contributed by atoms with Crippen molar-refractivity contribution in [2.75, 3.05) is 39.5 Å². The quantitative estimate of drug-likeness (QED) is 0.573. The van der Waals surface area contributed by atoms with E-state index in [9.17, 15) is 9.59 Å². The Balaban J connectivity index is 1.43. The number of benzene rings is 2. The Labute approximate surface area is 182 Å². The Morgan fingerprint density at radius 1 is 1.00 bits per heavy atom. The van der Waals surface area contributed by atoms with Crippen molar-refractivity contribution in [3.05, 3.63) is 72.0 Å². The van der Waals surface area contributed by atoms with Crippen LogP contribution in [0.15, 0.2) is 65.2 Å². The van der Waals surface area contributed by atoms with Gasteiger partial charge in [-0.3, -0.25) is 14.5 Å². The molecule has 0 fully saturated rings. The van der Waals surface area contributed by atoms with E-state index in [1.807, 2.05) is 48.3 Å². The fourth-order valence-corrected chi connectivity index (χ4v) is 3.21. The molecule has 0 spiro atoms. The molecule has 7 nitrogen and oxygen atoms in total. The smallest absolute Gasteiger partial charge is 0.253 e. The highest BCUT2D eigenvalue weighted by molar-refractivity contribution is 5.97. The molecule has 0 aliphatic heterocycles. The minimum atomic E-state index is -0.122. The monoisotopic (exact) mass is 420 g/mol. The lowest BCUT2D eigenvalue weighted by molar-refractivity contribution is -0.117. The molecule has 1 N–H and O–H groups in total. The molecular formula is C24H28N4O3. The van der Waals surface area contributed by atoms with Gasteiger partial charge in [-0.1, -0.05) is 41.6 Å². The van der Waals surface area contributed by atoms with E-state index in [1.54, 1.807) is 38.4 Å². The lowest BCUT2D eigenvalue weighted by Crippen LogP contribution is -2.31. The third-order valence-electron chi connectivity index (χ3n) is 4.80. The van der Waals surface area contributed by atoms with Gasteiger partial charge in [0.1, 0.15) is 11.5 Å². The lowest BCUT2D eigenvalue weighted by atomic mass is 10.1. The van der Waals surface area contributed by atoms with Crippen molar-refractivity contribution < 1.29 is 14.1 Å². The van der Waals surface area contributed by atoms with E-state index in [4.69, 9.17) is 4.52 Å². The Bertz CT molecular complexity index is 1010. The summed E-state index contributed by atoms with van der Waals surface area (Å²) in [7, 11) is 5.30. The van der Waals surface area contributed by atoms with Crippen LogP contribution in [0, 0.1) is 0 Å². The van der Waals surface area contributed by atoms with Gasteiger partial charge in [-0.25, -0.2) is 0 Å². The SMILES string of the molecule is CN(CCCc1cc(-c2ccccc2)no1)CC(=O)Nc1cccc(C(=O)N(C)C)c1. The van der Waals surface area contributed by atoms with Crippen molar-refractivity contribution in [3.8, 4) is 11.3 Å². The summed E-state index contributed by atoms with van der Waals surface area (Å²) in [5.74, 6) is 0.609. The molecule has 7 heteroatoms. The van der Waals surface area contributed by atoms with Crippen LogP contribution in [0.5, 0.6) is 0 Å². The highest BCUT2D eigenvalue weighted by Gasteiger charge is 2.12. The van der Waals surface area contributed by atoms with Crippen molar-refractivity contribution in [1.82, 2.24) is 15.0 Å². The standard InChI is InChI=1S/C24H28N4O3/c1-27(2)24(30)19-11-7-12-20(15-19)25-23(29)17-28(3)14-8-13-21-16-22(26-31-21)18-9-5-4-6-10-18/h4-7,9-12,15-16H,8,13-14,17H2,1-3H3,(H,25,29). The molecular weight excluding hydrogens is 392 g/mol. The van der Waals surface area contributed by atoms with Gasteiger partial charge in [-0.05, 0) is 38.2 Å². The summed E-state index contributed by atoms with van der Waals surface area (Å²) >= 11 is 0. The molecule has 162 valence electrons. The van der Waals surface area contributed by atoms with Gasteiger partial charge in [-0.2, -0.15) is 0 Å². The second-order valence-corrected chi connectivity index (χ2v) is 7.71. The van der Waals surface area contributed by atoms with Crippen LogP contribution in [0.25, 0.3) is 11.3 Å². The summed E-state index contributed by atoms with van der Waals surface area (Å²) in [6.07, 6.45) is 1.60. The largest absolute Gasteiger partial charge is 0.361 e. The van der Waals surface area contributed by atoms with E-state index in [1.165, 1.54) is 4.90 Å². The first-order valence-electron chi connectivity index (χ1n) is 10.2. The average molecular weight is 421 g/mol. The molecule has 0 atom stereocenters. The van der Waals surface area contributed by atoms with E-state index in [0.717, 1.165) is 36.4 Å². The van der Waals surface area contributed by atoms with Crippen LogP contribution in [-0.2, 0) is 11.2 Å². The van der Waals surface area contributed by atoms with Gasteiger partial charge in [0.05, 0.1) is 6.54 Å². The van der Waals surface area contributed by atoms with Gasteiger partial charge in [0, 0.05) is 43.4 Å². The predicted octanol–water partition coefficient (Wildman–Crippen LogP) is 3.55. The summed E-state index contributed by atoms with van der Waals surface area (Å²) in [4.78, 5) is 27.9. The van der Waals surface area contributed by atoms with E-state index in [0.29, 0.717) is 11.3 Å². The van der Waals surface area contributed by atoms with E-state index in [2.05, 4.69) is 10.5 Å². The fourth-order valence-electron chi connectivity index (χ4n) is 3.21. The van der Waals surface area contributed by atoms with E-state index >= 15 is 0 Å². The molecule has 3 rings (SSSR count). The number of aryl methyl sites for hydroxylation is 1. The van der Waals surface area contributed by atoms with E-state index < -0.39 is 0 Å². The van der Waals surface area contributed by atoms with Crippen molar-refractivity contribution in [2.45, 2.75) is 12.8 Å². The van der Waals surface area contributed by atoms with Gasteiger partial charge in [-0.15, -0.1) is 0 Å². The van der Waals surface area contributed by atoms with Crippen LogP contribution in [0.3, 0.4) is 0 Å². The number of hydrogen-bond donors (Lipinski definition) is 1.